The number of aliphatic hydroxyl groups is 1. The smallest absolute Gasteiger partial charge is 0.101 e. The molecule has 0 radical (unpaired) electrons. The van der Waals surface area contributed by atoms with Gasteiger partial charge in [-0.3, -0.25) is 4.68 Å². The van der Waals surface area contributed by atoms with Crippen LogP contribution in [-0.2, 0) is 17.7 Å². The van der Waals surface area contributed by atoms with Crippen LogP contribution in [0.4, 0.5) is 0 Å². The molecule has 1 fully saturated rings. The lowest BCUT2D eigenvalue weighted by atomic mass is 9.93. The normalized spacial score (nSPS) is 22.6. The van der Waals surface area contributed by atoms with Gasteiger partial charge in [-0.05, 0) is 32.3 Å². The molecule has 1 aliphatic rings. The highest BCUT2D eigenvalue weighted by molar-refractivity contribution is 5.14. The van der Waals surface area contributed by atoms with E-state index in [9.17, 15) is 5.11 Å². The molecule has 2 rings (SSSR count). The summed E-state index contributed by atoms with van der Waals surface area (Å²) in [5.74, 6) is 0.218. The maximum absolute atomic E-state index is 10.4. The van der Waals surface area contributed by atoms with Gasteiger partial charge in [-0.2, -0.15) is 5.10 Å². The average molecular weight is 238 g/mol. The summed E-state index contributed by atoms with van der Waals surface area (Å²) < 4.78 is 7.36. The van der Waals surface area contributed by atoms with Gasteiger partial charge in [0.2, 0.25) is 0 Å². The fraction of sp³-hybridized carbons (Fsp3) is 0.769. The molecule has 96 valence electrons. The summed E-state index contributed by atoms with van der Waals surface area (Å²) in [6.45, 7) is 6.44. The molecule has 1 saturated heterocycles. The van der Waals surface area contributed by atoms with E-state index in [2.05, 4.69) is 18.9 Å². The van der Waals surface area contributed by atoms with E-state index >= 15 is 0 Å². The Kier molecular flexibility index (Phi) is 4.18. The van der Waals surface area contributed by atoms with Gasteiger partial charge in [0.05, 0.1) is 18.0 Å². The van der Waals surface area contributed by atoms with E-state index in [-0.39, 0.29) is 5.92 Å². The van der Waals surface area contributed by atoms with Crippen LogP contribution in [0.25, 0.3) is 0 Å². The van der Waals surface area contributed by atoms with Gasteiger partial charge in [0.15, 0.2) is 0 Å². The van der Waals surface area contributed by atoms with E-state index in [4.69, 9.17) is 4.74 Å². The summed E-state index contributed by atoms with van der Waals surface area (Å²) in [6, 6.07) is 2.03. The minimum atomic E-state index is -0.442. The predicted octanol–water partition coefficient (Wildman–Crippen LogP) is 1.93. The molecule has 0 spiro atoms. The molecule has 1 aliphatic heterocycles. The SMILES string of the molecule is CCc1cc(C(O)C2CCCOC2)n(CC)n1. The molecule has 4 heteroatoms. The zero-order chi connectivity index (χ0) is 12.3. The molecule has 2 atom stereocenters. The Morgan fingerprint density at radius 2 is 2.41 bits per heavy atom. The Morgan fingerprint density at radius 1 is 1.59 bits per heavy atom. The van der Waals surface area contributed by atoms with Crippen LogP contribution in [0.5, 0.6) is 0 Å². The summed E-state index contributed by atoms with van der Waals surface area (Å²) in [7, 11) is 0. The van der Waals surface area contributed by atoms with Crippen LogP contribution in [0.3, 0.4) is 0 Å². The first-order valence-electron chi connectivity index (χ1n) is 6.58. The minimum absolute atomic E-state index is 0.218. The maximum Gasteiger partial charge on any atom is 0.101 e. The lowest BCUT2D eigenvalue weighted by molar-refractivity contribution is -0.0131. The van der Waals surface area contributed by atoms with Crippen molar-refractivity contribution in [3.8, 4) is 0 Å². The lowest BCUT2D eigenvalue weighted by Gasteiger charge is -2.26. The molecule has 1 aromatic heterocycles. The second-order valence-electron chi connectivity index (χ2n) is 4.65. The standard InChI is InChI=1S/C13H22N2O2/c1-3-11-8-12(15(4-2)14-11)13(16)10-6-5-7-17-9-10/h8,10,13,16H,3-7,9H2,1-2H3. The Labute approximate surface area is 103 Å². The second-order valence-corrected chi connectivity index (χ2v) is 4.65. The molecule has 2 unspecified atom stereocenters. The topological polar surface area (TPSA) is 47.3 Å². The summed E-state index contributed by atoms with van der Waals surface area (Å²) in [5.41, 5.74) is 2.00. The monoisotopic (exact) mass is 238 g/mol. The fourth-order valence-corrected chi connectivity index (χ4v) is 2.41. The highest BCUT2D eigenvalue weighted by atomic mass is 16.5. The van der Waals surface area contributed by atoms with Crippen LogP contribution in [0.15, 0.2) is 6.07 Å². The Hall–Kier alpha value is -0.870. The Balaban J connectivity index is 2.16. The fourth-order valence-electron chi connectivity index (χ4n) is 2.41. The molecular formula is C13H22N2O2. The van der Waals surface area contributed by atoms with Crippen LogP contribution in [-0.4, -0.2) is 28.1 Å². The predicted molar refractivity (Wildman–Crippen MR) is 65.8 cm³/mol. The third-order valence-electron chi connectivity index (χ3n) is 3.47. The summed E-state index contributed by atoms with van der Waals surface area (Å²) in [5, 5.41) is 14.9. The third kappa shape index (κ3) is 2.69. The highest BCUT2D eigenvalue weighted by Crippen LogP contribution is 2.29. The lowest BCUT2D eigenvalue weighted by Crippen LogP contribution is -2.25. The van der Waals surface area contributed by atoms with Gasteiger partial charge in [-0.1, -0.05) is 6.92 Å². The number of nitrogens with zero attached hydrogens (tertiary/aromatic N) is 2. The molecule has 1 aromatic rings. The van der Waals surface area contributed by atoms with E-state index in [1.165, 1.54) is 0 Å². The van der Waals surface area contributed by atoms with Gasteiger partial charge in [-0.25, -0.2) is 0 Å². The van der Waals surface area contributed by atoms with Gasteiger partial charge in [0.25, 0.3) is 0 Å². The Bertz CT molecular complexity index is 356. The van der Waals surface area contributed by atoms with E-state index in [0.717, 1.165) is 43.8 Å². The average Bonchev–Trinajstić information content (AvgIpc) is 2.82. The molecule has 4 nitrogen and oxygen atoms in total. The van der Waals surface area contributed by atoms with Crippen molar-refractivity contribution in [2.75, 3.05) is 13.2 Å². The summed E-state index contributed by atoms with van der Waals surface area (Å²) in [4.78, 5) is 0. The van der Waals surface area contributed by atoms with Crippen LogP contribution in [0.1, 0.15) is 44.2 Å². The van der Waals surface area contributed by atoms with Crippen LogP contribution in [0.2, 0.25) is 0 Å². The molecule has 0 bridgehead atoms. The molecule has 17 heavy (non-hydrogen) atoms. The van der Waals surface area contributed by atoms with E-state index < -0.39 is 6.10 Å². The van der Waals surface area contributed by atoms with E-state index in [1.54, 1.807) is 0 Å². The number of aromatic nitrogens is 2. The van der Waals surface area contributed by atoms with Crippen molar-refractivity contribution in [2.24, 2.45) is 5.92 Å². The van der Waals surface area contributed by atoms with Gasteiger partial charge in [0.1, 0.15) is 6.10 Å². The van der Waals surface area contributed by atoms with E-state index in [1.807, 2.05) is 10.7 Å². The zero-order valence-corrected chi connectivity index (χ0v) is 10.7. The van der Waals surface area contributed by atoms with Crippen LogP contribution in [0, 0.1) is 5.92 Å². The molecule has 0 aliphatic carbocycles. The van der Waals surface area contributed by atoms with Crippen LogP contribution < -0.4 is 0 Å². The molecule has 0 saturated carbocycles. The summed E-state index contributed by atoms with van der Waals surface area (Å²) >= 11 is 0. The number of rotatable bonds is 4. The Morgan fingerprint density at radius 3 is 3.00 bits per heavy atom. The van der Waals surface area contributed by atoms with E-state index in [0.29, 0.717) is 6.61 Å². The van der Waals surface area contributed by atoms with Gasteiger partial charge in [0, 0.05) is 19.1 Å². The van der Waals surface area contributed by atoms with Crippen molar-refractivity contribution in [1.82, 2.24) is 9.78 Å². The van der Waals surface area contributed by atoms with Crippen molar-refractivity contribution in [1.29, 1.82) is 0 Å². The molecular weight excluding hydrogens is 216 g/mol. The number of aliphatic hydroxyl groups excluding tert-OH is 1. The summed E-state index contributed by atoms with van der Waals surface area (Å²) in [6.07, 6.45) is 2.55. The number of hydrogen-bond donors (Lipinski definition) is 1. The largest absolute Gasteiger partial charge is 0.386 e. The molecule has 2 heterocycles. The van der Waals surface area contributed by atoms with Gasteiger partial charge in [-0.15, -0.1) is 0 Å². The quantitative estimate of drug-likeness (QED) is 0.872. The van der Waals surface area contributed by atoms with Crippen molar-refractivity contribution in [3.63, 3.8) is 0 Å². The molecule has 0 amide bonds. The first-order valence-corrected chi connectivity index (χ1v) is 6.58. The zero-order valence-electron chi connectivity index (χ0n) is 10.7. The molecule has 0 aromatic carbocycles. The third-order valence-corrected chi connectivity index (χ3v) is 3.47. The number of ether oxygens (including phenoxy) is 1. The van der Waals surface area contributed by atoms with Crippen molar-refractivity contribution in [3.05, 3.63) is 17.5 Å². The minimum Gasteiger partial charge on any atom is -0.386 e. The first kappa shape index (κ1) is 12.6. The van der Waals surface area contributed by atoms with Gasteiger partial charge < -0.3 is 9.84 Å². The van der Waals surface area contributed by atoms with Crippen molar-refractivity contribution >= 4 is 0 Å². The highest BCUT2D eigenvalue weighted by Gasteiger charge is 2.26. The second kappa shape index (κ2) is 5.65. The molecule has 1 N–H and O–H groups in total. The number of hydrogen-bond acceptors (Lipinski definition) is 3. The van der Waals surface area contributed by atoms with Crippen LogP contribution >= 0.6 is 0 Å². The number of aryl methyl sites for hydroxylation is 2. The van der Waals surface area contributed by atoms with Crippen molar-refractivity contribution < 1.29 is 9.84 Å². The van der Waals surface area contributed by atoms with Crippen molar-refractivity contribution in [2.45, 2.75) is 45.8 Å². The first-order chi connectivity index (χ1) is 8.26. The van der Waals surface area contributed by atoms with Gasteiger partial charge >= 0.3 is 0 Å². The maximum atomic E-state index is 10.4.